The van der Waals surface area contributed by atoms with Crippen molar-refractivity contribution in [2.45, 2.75) is 13.3 Å². The molecule has 4 N–H and O–H groups in total. The van der Waals surface area contributed by atoms with Crippen LogP contribution in [0.25, 0.3) is 0 Å². The number of nitrogens with zero attached hydrogens (tertiary/aromatic N) is 3. The Morgan fingerprint density at radius 2 is 2.10 bits per heavy atom. The third-order valence-corrected chi connectivity index (χ3v) is 4.80. The summed E-state index contributed by atoms with van der Waals surface area (Å²) in [6.07, 6.45) is 0.577. The summed E-state index contributed by atoms with van der Waals surface area (Å²) >= 11 is 1.25. The van der Waals surface area contributed by atoms with Gasteiger partial charge in [0.1, 0.15) is 10.7 Å². The van der Waals surface area contributed by atoms with Gasteiger partial charge in [0.05, 0.1) is 5.41 Å². The Balaban J connectivity index is 2.19. The van der Waals surface area contributed by atoms with Crippen LogP contribution in [0.1, 0.15) is 23.0 Å². The third kappa shape index (κ3) is 2.43. The Morgan fingerprint density at radius 3 is 2.55 bits per heavy atom. The summed E-state index contributed by atoms with van der Waals surface area (Å²) in [7, 11) is 3.68. The molecule has 1 aromatic rings. The van der Waals surface area contributed by atoms with Crippen LogP contribution in [0, 0.1) is 5.41 Å². The number of hydrogen-bond donors (Lipinski definition) is 2. The van der Waals surface area contributed by atoms with E-state index in [1.807, 2.05) is 14.1 Å². The molecular weight excluding hydrogens is 278 g/mol. The molecule has 2 heterocycles. The quantitative estimate of drug-likeness (QED) is 0.825. The van der Waals surface area contributed by atoms with Crippen LogP contribution in [0.4, 0.5) is 10.9 Å². The van der Waals surface area contributed by atoms with E-state index >= 15 is 0 Å². The van der Waals surface area contributed by atoms with Crippen molar-refractivity contribution in [2.75, 3.05) is 37.8 Å². The molecule has 0 spiro atoms. The molecule has 0 aromatic carbocycles. The summed E-state index contributed by atoms with van der Waals surface area (Å²) < 4.78 is 0. The van der Waals surface area contributed by atoms with Crippen molar-refractivity contribution < 1.29 is 9.59 Å². The Labute approximate surface area is 121 Å². The number of nitrogens with two attached hydrogens (primary N) is 2. The molecule has 0 radical (unpaired) electrons. The van der Waals surface area contributed by atoms with Crippen molar-refractivity contribution in [1.29, 1.82) is 0 Å². The van der Waals surface area contributed by atoms with Gasteiger partial charge in [0.15, 0.2) is 5.13 Å². The minimum Gasteiger partial charge on any atom is -0.382 e. The van der Waals surface area contributed by atoms with E-state index in [1.54, 1.807) is 16.7 Å². The second-order valence-electron chi connectivity index (χ2n) is 5.51. The van der Waals surface area contributed by atoms with Crippen LogP contribution in [0.3, 0.4) is 0 Å². The van der Waals surface area contributed by atoms with Crippen LogP contribution < -0.4 is 16.4 Å². The minimum atomic E-state index is -0.653. The molecule has 8 heteroatoms. The molecule has 1 saturated heterocycles. The van der Waals surface area contributed by atoms with E-state index < -0.39 is 5.41 Å². The van der Waals surface area contributed by atoms with E-state index in [0.717, 1.165) is 0 Å². The van der Waals surface area contributed by atoms with Crippen LogP contribution in [0.5, 0.6) is 0 Å². The Morgan fingerprint density at radius 1 is 1.45 bits per heavy atom. The van der Waals surface area contributed by atoms with Gasteiger partial charge in [-0.25, -0.2) is 4.98 Å². The Bertz CT molecular complexity index is 556. The normalized spacial score (nSPS) is 22.1. The van der Waals surface area contributed by atoms with Crippen LogP contribution in [0.15, 0.2) is 0 Å². The molecule has 0 saturated carbocycles. The first-order valence-corrected chi connectivity index (χ1v) is 7.09. The summed E-state index contributed by atoms with van der Waals surface area (Å²) in [5.74, 6) is -0.325. The molecule has 1 atom stereocenters. The largest absolute Gasteiger partial charge is 0.382 e. The third-order valence-electron chi connectivity index (χ3n) is 3.57. The lowest BCUT2D eigenvalue weighted by Crippen LogP contribution is -2.38. The fraction of sp³-hybridized carbons (Fsp3) is 0.583. The van der Waals surface area contributed by atoms with Gasteiger partial charge >= 0.3 is 0 Å². The average Bonchev–Trinajstić information content (AvgIpc) is 2.93. The summed E-state index contributed by atoms with van der Waals surface area (Å²) in [5, 5.41) is 0.683. The number of rotatable bonds is 3. The highest BCUT2D eigenvalue weighted by molar-refractivity contribution is 7.18. The lowest BCUT2D eigenvalue weighted by Gasteiger charge is -2.20. The topological polar surface area (TPSA) is 106 Å². The second kappa shape index (κ2) is 4.93. The van der Waals surface area contributed by atoms with Gasteiger partial charge < -0.3 is 21.3 Å². The van der Waals surface area contributed by atoms with E-state index in [4.69, 9.17) is 11.5 Å². The van der Waals surface area contributed by atoms with Crippen LogP contribution >= 0.6 is 11.3 Å². The monoisotopic (exact) mass is 297 g/mol. The molecule has 1 aromatic heterocycles. The summed E-state index contributed by atoms with van der Waals surface area (Å²) in [5.41, 5.74) is 10.5. The number of amides is 2. The van der Waals surface area contributed by atoms with Gasteiger partial charge in [-0.1, -0.05) is 11.3 Å². The molecule has 2 rings (SSSR count). The molecule has 0 aliphatic carbocycles. The maximum atomic E-state index is 12.5. The van der Waals surface area contributed by atoms with Crippen LogP contribution in [-0.2, 0) is 4.79 Å². The first-order valence-electron chi connectivity index (χ1n) is 6.27. The number of carbonyl (C=O) groups is 2. The first-order chi connectivity index (χ1) is 9.24. The van der Waals surface area contributed by atoms with E-state index in [0.29, 0.717) is 29.5 Å². The Hall–Kier alpha value is -1.83. The number of aromatic nitrogens is 1. The zero-order valence-electron chi connectivity index (χ0n) is 11.8. The smallest absolute Gasteiger partial charge is 0.267 e. The van der Waals surface area contributed by atoms with Crippen molar-refractivity contribution in [3.8, 4) is 0 Å². The molecule has 0 bridgehead atoms. The zero-order chi connectivity index (χ0) is 15.1. The van der Waals surface area contributed by atoms with Gasteiger partial charge in [-0.05, 0) is 13.3 Å². The SMILES string of the molecule is CN(C)c1nc(N)c(C(=O)N2CCC(C)(C(N)=O)C2)s1. The molecule has 1 unspecified atom stereocenters. The molecule has 1 aliphatic rings. The predicted octanol–water partition coefficient (Wildman–Crippen LogP) is 0.129. The number of nitrogen functional groups attached to an aromatic ring is 1. The van der Waals surface area contributed by atoms with E-state index in [2.05, 4.69) is 4.98 Å². The van der Waals surface area contributed by atoms with Gasteiger partial charge in [-0.2, -0.15) is 0 Å². The van der Waals surface area contributed by atoms with Crippen LogP contribution in [-0.4, -0.2) is 48.9 Å². The second-order valence-corrected chi connectivity index (χ2v) is 6.48. The maximum absolute atomic E-state index is 12.5. The highest BCUT2D eigenvalue weighted by Crippen LogP contribution is 2.33. The molecule has 7 nitrogen and oxygen atoms in total. The molecule has 1 aliphatic heterocycles. The fourth-order valence-corrected chi connectivity index (χ4v) is 3.02. The van der Waals surface area contributed by atoms with Crippen molar-refractivity contribution >= 4 is 34.1 Å². The number of likely N-dealkylation sites (tertiary alicyclic amines) is 1. The molecule has 1 fully saturated rings. The summed E-state index contributed by atoms with van der Waals surface area (Å²) in [4.78, 5) is 31.9. The van der Waals surface area contributed by atoms with E-state index in [-0.39, 0.29) is 17.6 Å². The van der Waals surface area contributed by atoms with Gasteiger partial charge in [0, 0.05) is 27.2 Å². The standard InChI is InChI=1S/C12H19N5O2S/c1-12(10(14)19)4-5-17(6-12)9(18)7-8(13)15-11(20-7)16(2)3/h4-6,13H2,1-3H3,(H2,14,19). The van der Waals surface area contributed by atoms with E-state index in [1.165, 1.54) is 11.3 Å². The summed E-state index contributed by atoms with van der Waals surface area (Å²) in [6.45, 7) is 2.62. The maximum Gasteiger partial charge on any atom is 0.267 e. The zero-order valence-corrected chi connectivity index (χ0v) is 12.7. The number of hydrogen-bond acceptors (Lipinski definition) is 6. The molecule has 110 valence electrons. The molecule has 20 heavy (non-hydrogen) atoms. The van der Waals surface area contributed by atoms with Crippen molar-refractivity contribution in [3.63, 3.8) is 0 Å². The number of primary amides is 1. The van der Waals surface area contributed by atoms with E-state index in [9.17, 15) is 9.59 Å². The van der Waals surface area contributed by atoms with Gasteiger partial charge in [-0.15, -0.1) is 0 Å². The number of thiazole rings is 1. The first kappa shape index (κ1) is 14.6. The Kier molecular flexibility index (Phi) is 3.59. The van der Waals surface area contributed by atoms with Crippen LogP contribution in [0.2, 0.25) is 0 Å². The van der Waals surface area contributed by atoms with Crippen molar-refractivity contribution in [3.05, 3.63) is 4.88 Å². The highest BCUT2D eigenvalue weighted by atomic mass is 32.1. The van der Waals surface area contributed by atoms with Crippen molar-refractivity contribution in [2.24, 2.45) is 11.1 Å². The van der Waals surface area contributed by atoms with Gasteiger partial charge in [0.2, 0.25) is 5.91 Å². The lowest BCUT2D eigenvalue weighted by atomic mass is 9.89. The number of anilines is 2. The summed E-state index contributed by atoms with van der Waals surface area (Å²) in [6, 6.07) is 0. The van der Waals surface area contributed by atoms with Gasteiger partial charge in [-0.3, -0.25) is 9.59 Å². The molecule has 2 amide bonds. The fourth-order valence-electron chi connectivity index (χ4n) is 2.14. The predicted molar refractivity (Wildman–Crippen MR) is 78.7 cm³/mol. The number of carbonyl (C=O) groups excluding carboxylic acids is 2. The van der Waals surface area contributed by atoms with Gasteiger partial charge in [0.25, 0.3) is 5.91 Å². The lowest BCUT2D eigenvalue weighted by molar-refractivity contribution is -0.126. The highest BCUT2D eigenvalue weighted by Gasteiger charge is 2.41. The average molecular weight is 297 g/mol. The molecular formula is C12H19N5O2S. The minimum absolute atomic E-state index is 0.182. The van der Waals surface area contributed by atoms with Crippen molar-refractivity contribution in [1.82, 2.24) is 9.88 Å².